The number of fused-ring (bicyclic) bond motifs is 1. The number of hydrogen-bond acceptors (Lipinski definition) is 2. The van der Waals surface area contributed by atoms with Crippen LogP contribution in [0.5, 0.6) is 0 Å². The lowest BCUT2D eigenvalue weighted by Gasteiger charge is -2.50. The summed E-state index contributed by atoms with van der Waals surface area (Å²) in [6, 6.07) is 0. The molecular formula is C15H26O2. The van der Waals surface area contributed by atoms with Crippen LogP contribution in [-0.4, -0.2) is 22.9 Å². The van der Waals surface area contributed by atoms with Crippen LogP contribution in [0.4, 0.5) is 0 Å². The molecule has 2 saturated carbocycles. The summed E-state index contributed by atoms with van der Waals surface area (Å²) in [7, 11) is 0. The van der Waals surface area contributed by atoms with E-state index in [1.807, 2.05) is 0 Å². The van der Waals surface area contributed by atoms with Gasteiger partial charge in [0.15, 0.2) is 0 Å². The first-order valence-corrected chi connectivity index (χ1v) is 7.41. The topological polar surface area (TPSA) is 32.8 Å². The molecule has 2 aliphatic carbocycles. The molecule has 1 heterocycles. The summed E-state index contributed by atoms with van der Waals surface area (Å²) in [5.74, 6) is 0.648. The number of aliphatic hydroxyl groups is 1. The molecule has 3 fully saturated rings. The van der Waals surface area contributed by atoms with Crippen molar-refractivity contribution in [3.8, 4) is 0 Å². The molecule has 1 saturated heterocycles. The second kappa shape index (κ2) is 3.96. The molecule has 0 amide bonds. The monoisotopic (exact) mass is 238 g/mol. The van der Waals surface area contributed by atoms with Gasteiger partial charge in [0.2, 0.25) is 0 Å². The highest BCUT2D eigenvalue weighted by molar-refractivity contribution is 5.03. The van der Waals surface area contributed by atoms with E-state index in [0.717, 1.165) is 12.8 Å². The van der Waals surface area contributed by atoms with Gasteiger partial charge in [-0.3, -0.25) is 0 Å². The van der Waals surface area contributed by atoms with Gasteiger partial charge in [0.25, 0.3) is 0 Å². The predicted octanol–water partition coefficient (Wildman–Crippen LogP) is 3.28. The second-order valence-corrected chi connectivity index (χ2v) is 7.04. The second-order valence-electron chi connectivity index (χ2n) is 7.04. The fourth-order valence-electron chi connectivity index (χ4n) is 4.22. The summed E-state index contributed by atoms with van der Waals surface area (Å²) in [4.78, 5) is 0. The van der Waals surface area contributed by atoms with Gasteiger partial charge in [-0.05, 0) is 43.4 Å². The van der Waals surface area contributed by atoms with Crippen molar-refractivity contribution in [1.82, 2.24) is 0 Å². The van der Waals surface area contributed by atoms with Crippen molar-refractivity contribution in [3.63, 3.8) is 0 Å². The lowest BCUT2D eigenvalue weighted by Crippen LogP contribution is -2.51. The maximum absolute atomic E-state index is 11.0. The molecule has 98 valence electrons. The molecule has 3 rings (SSSR count). The van der Waals surface area contributed by atoms with E-state index in [-0.39, 0.29) is 5.41 Å². The van der Waals surface area contributed by atoms with Gasteiger partial charge < -0.3 is 9.84 Å². The Hall–Kier alpha value is -0.0800. The molecule has 17 heavy (non-hydrogen) atoms. The van der Waals surface area contributed by atoms with Crippen LogP contribution in [0.3, 0.4) is 0 Å². The Labute approximate surface area is 105 Å². The standard InChI is InChI=1S/C15H26O2/c1-14(2,15(16)8-4-3-5-9-15)11-6-7-12-13(10-11)17-12/h11-13,16H,3-10H2,1-2H3. The summed E-state index contributed by atoms with van der Waals surface area (Å²) < 4.78 is 5.64. The van der Waals surface area contributed by atoms with E-state index < -0.39 is 5.60 Å². The quantitative estimate of drug-likeness (QED) is 0.749. The fraction of sp³-hybridized carbons (Fsp3) is 1.00. The summed E-state index contributed by atoms with van der Waals surface area (Å²) in [5, 5.41) is 11.0. The minimum Gasteiger partial charge on any atom is -0.389 e. The van der Waals surface area contributed by atoms with Crippen molar-refractivity contribution in [2.75, 3.05) is 0 Å². The van der Waals surface area contributed by atoms with E-state index in [0.29, 0.717) is 18.1 Å². The van der Waals surface area contributed by atoms with Crippen LogP contribution in [0.2, 0.25) is 0 Å². The van der Waals surface area contributed by atoms with Crippen LogP contribution in [0.25, 0.3) is 0 Å². The van der Waals surface area contributed by atoms with Gasteiger partial charge in [0, 0.05) is 0 Å². The van der Waals surface area contributed by atoms with Gasteiger partial charge in [-0.1, -0.05) is 33.1 Å². The molecule has 0 aromatic heterocycles. The Bertz CT molecular complexity index is 291. The van der Waals surface area contributed by atoms with Gasteiger partial charge in [0.05, 0.1) is 17.8 Å². The summed E-state index contributed by atoms with van der Waals surface area (Å²) in [6.45, 7) is 4.59. The molecule has 0 radical (unpaired) electrons. The van der Waals surface area contributed by atoms with Crippen LogP contribution in [0.1, 0.15) is 65.2 Å². The molecule has 1 N–H and O–H groups in total. The maximum atomic E-state index is 11.0. The van der Waals surface area contributed by atoms with Crippen molar-refractivity contribution in [2.45, 2.75) is 83.0 Å². The lowest BCUT2D eigenvalue weighted by molar-refractivity contribution is -0.124. The largest absolute Gasteiger partial charge is 0.389 e. The minimum absolute atomic E-state index is 0.0599. The van der Waals surface area contributed by atoms with Crippen molar-refractivity contribution in [2.24, 2.45) is 11.3 Å². The molecule has 0 aromatic carbocycles. The van der Waals surface area contributed by atoms with Crippen molar-refractivity contribution >= 4 is 0 Å². The molecule has 0 bridgehead atoms. The average molecular weight is 238 g/mol. The van der Waals surface area contributed by atoms with E-state index in [1.165, 1.54) is 38.5 Å². The molecule has 2 nitrogen and oxygen atoms in total. The van der Waals surface area contributed by atoms with Crippen LogP contribution >= 0.6 is 0 Å². The highest BCUT2D eigenvalue weighted by Crippen LogP contribution is 2.53. The van der Waals surface area contributed by atoms with Crippen LogP contribution in [-0.2, 0) is 4.74 Å². The molecule has 3 aliphatic rings. The Kier molecular flexibility index (Phi) is 2.79. The SMILES string of the molecule is CC(C)(C1CCC2OC2C1)C1(O)CCCCC1. The zero-order valence-electron chi connectivity index (χ0n) is 11.2. The van der Waals surface area contributed by atoms with Gasteiger partial charge in [-0.25, -0.2) is 0 Å². The Morgan fingerprint density at radius 2 is 1.76 bits per heavy atom. The first kappa shape index (κ1) is 12.0. The first-order chi connectivity index (χ1) is 8.03. The Morgan fingerprint density at radius 1 is 1.06 bits per heavy atom. The summed E-state index contributed by atoms with van der Waals surface area (Å²) >= 11 is 0. The third kappa shape index (κ3) is 1.94. The van der Waals surface area contributed by atoms with E-state index in [1.54, 1.807) is 0 Å². The number of epoxide rings is 1. The Balaban J connectivity index is 1.73. The van der Waals surface area contributed by atoms with E-state index in [4.69, 9.17) is 4.74 Å². The van der Waals surface area contributed by atoms with E-state index >= 15 is 0 Å². The van der Waals surface area contributed by atoms with Crippen LogP contribution in [0.15, 0.2) is 0 Å². The summed E-state index contributed by atoms with van der Waals surface area (Å²) in [6.07, 6.45) is 10.5. The maximum Gasteiger partial charge on any atom is 0.0844 e. The average Bonchev–Trinajstić information content (AvgIpc) is 3.07. The predicted molar refractivity (Wildman–Crippen MR) is 67.8 cm³/mol. The van der Waals surface area contributed by atoms with Crippen molar-refractivity contribution in [1.29, 1.82) is 0 Å². The normalized spacial score (nSPS) is 40.8. The fourth-order valence-corrected chi connectivity index (χ4v) is 4.22. The van der Waals surface area contributed by atoms with Gasteiger partial charge >= 0.3 is 0 Å². The van der Waals surface area contributed by atoms with Gasteiger partial charge in [-0.15, -0.1) is 0 Å². The molecular weight excluding hydrogens is 212 g/mol. The smallest absolute Gasteiger partial charge is 0.0844 e. The molecule has 1 aliphatic heterocycles. The molecule has 3 atom stereocenters. The Morgan fingerprint density at radius 3 is 2.41 bits per heavy atom. The van der Waals surface area contributed by atoms with Crippen molar-refractivity contribution < 1.29 is 9.84 Å². The summed E-state index contributed by atoms with van der Waals surface area (Å²) in [5.41, 5.74) is -0.359. The molecule has 0 aromatic rings. The van der Waals surface area contributed by atoms with E-state index in [2.05, 4.69) is 13.8 Å². The third-order valence-corrected chi connectivity index (χ3v) is 5.90. The van der Waals surface area contributed by atoms with Gasteiger partial charge in [0.1, 0.15) is 0 Å². The number of rotatable bonds is 2. The zero-order valence-corrected chi connectivity index (χ0v) is 11.2. The molecule has 2 heteroatoms. The first-order valence-electron chi connectivity index (χ1n) is 7.41. The highest BCUT2D eigenvalue weighted by atomic mass is 16.6. The number of hydrogen-bond donors (Lipinski definition) is 1. The van der Waals surface area contributed by atoms with E-state index in [9.17, 15) is 5.11 Å². The number of ether oxygens (including phenoxy) is 1. The highest BCUT2D eigenvalue weighted by Gasteiger charge is 2.53. The molecule has 0 spiro atoms. The zero-order chi connectivity index (χ0) is 12.1. The van der Waals surface area contributed by atoms with Crippen molar-refractivity contribution in [3.05, 3.63) is 0 Å². The minimum atomic E-state index is -0.419. The molecule has 3 unspecified atom stereocenters. The van der Waals surface area contributed by atoms with Crippen LogP contribution < -0.4 is 0 Å². The third-order valence-electron chi connectivity index (χ3n) is 5.90. The van der Waals surface area contributed by atoms with Crippen LogP contribution in [0, 0.1) is 11.3 Å². The van der Waals surface area contributed by atoms with Gasteiger partial charge in [-0.2, -0.15) is 0 Å². The lowest BCUT2D eigenvalue weighted by atomic mass is 9.58.